The van der Waals surface area contributed by atoms with Crippen LogP contribution >= 0.6 is 12.4 Å². The van der Waals surface area contributed by atoms with Gasteiger partial charge in [-0.05, 0) is 0 Å². The molecular formula is C20H27ClZr. The fourth-order valence-electron chi connectivity index (χ4n) is 5.69. The van der Waals surface area contributed by atoms with Gasteiger partial charge in [0.2, 0.25) is 0 Å². The Morgan fingerprint density at radius 2 is 1.14 bits per heavy atom. The summed E-state index contributed by atoms with van der Waals surface area (Å²) < 4.78 is 5.34. The second kappa shape index (κ2) is 5.89. The maximum atomic E-state index is 2.69. The predicted octanol–water partition coefficient (Wildman–Crippen LogP) is 6.87. The molecular weight excluding hydrogens is 367 g/mol. The Hall–Kier alpha value is 0.133. The van der Waals surface area contributed by atoms with E-state index in [1.165, 1.54) is 51.4 Å². The van der Waals surface area contributed by atoms with Crippen LogP contribution in [0.1, 0.15) is 51.4 Å². The van der Waals surface area contributed by atoms with Crippen molar-refractivity contribution in [2.24, 2.45) is 0 Å². The van der Waals surface area contributed by atoms with Gasteiger partial charge in [0.05, 0.1) is 0 Å². The van der Waals surface area contributed by atoms with Crippen LogP contribution in [0.15, 0.2) is 46.6 Å². The van der Waals surface area contributed by atoms with Crippen LogP contribution in [-0.4, -0.2) is 0 Å². The van der Waals surface area contributed by atoms with Crippen molar-refractivity contribution in [3.8, 4) is 0 Å². The molecule has 0 aromatic heterocycles. The summed E-state index contributed by atoms with van der Waals surface area (Å²) in [7, 11) is 0. The van der Waals surface area contributed by atoms with Gasteiger partial charge in [-0.1, -0.05) is 0 Å². The quantitative estimate of drug-likeness (QED) is 0.480. The second-order valence-electron chi connectivity index (χ2n) is 7.92. The molecule has 0 aromatic carbocycles. The summed E-state index contributed by atoms with van der Waals surface area (Å²) in [5, 5.41) is 0. The van der Waals surface area contributed by atoms with Gasteiger partial charge in [-0.25, -0.2) is 0 Å². The van der Waals surface area contributed by atoms with E-state index in [1.807, 2.05) is 11.1 Å². The standard InChI is InChI=1S/2C9H11.C2H4.ClH.Zr/c2*1-2-5-9-7-3-6-8(9)4-1;1-2;;/h2*3,6-7H,1-2,4-5H2;1-2H2;1H;. The molecule has 5 aliphatic rings. The van der Waals surface area contributed by atoms with E-state index in [-0.39, 0.29) is 12.4 Å². The Labute approximate surface area is 145 Å². The molecule has 0 spiro atoms. The fraction of sp³-hybridized carbons (Fsp3) is 0.600. The van der Waals surface area contributed by atoms with E-state index < -0.39 is 20.3 Å². The first-order chi connectivity index (χ1) is 10.4. The van der Waals surface area contributed by atoms with Crippen LogP contribution in [0, 0.1) is 0 Å². The number of hydrogen-bond acceptors (Lipinski definition) is 0. The molecule has 0 nitrogen and oxygen atoms in total. The van der Waals surface area contributed by atoms with Gasteiger partial charge in [0.15, 0.2) is 0 Å². The molecule has 22 heavy (non-hydrogen) atoms. The zero-order chi connectivity index (χ0) is 13.9. The molecule has 1 saturated heterocycles. The molecule has 1 aliphatic heterocycles. The summed E-state index contributed by atoms with van der Waals surface area (Å²) in [5.74, 6) is 0. The van der Waals surface area contributed by atoms with Crippen molar-refractivity contribution in [1.82, 2.24) is 0 Å². The SMILES string of the molecule is C1=C[CH]([Zr]2([CH]3C=CC4=C3CCCC4)[CH2][CH2]2)C2=C1CCCC2.Cl. The van der Waals surface area contributed by atoms with E-state index in [1.54, 1.807) is 19.4 Å². The van der Waals surface area contributed by atoms with Gasteiger partial charge >= 0.3 is 134 Å². The molecule has 1 fully saturated rings. The van der Waals surface area contributed by atoms with E-state index in [9.17, 15) is 0 Å². The van der Waals surface area contributed by atoms with Gasteiger partial charge in [-0.15, -0.1) is 12.4 Å². The minimum absolute atomic E-state index is 0. The van der Waals surface area contributed by atoms with Gasteiger partial charge in [-0.2, -0.15) is 0 Å². The van der Waals surface area contributed by atoms with Gasteiger partial charge < -0.3 is 0 Å². The third kappa shape index (κ3) is 2.26. The smallest absolute Gasteiger partial charge is 0.147 e. The summed E-state index contributed by atoms with van der Waals surface area (Å²) in [4.78, 5) is 0. The van der Waals surface area contributed by atoms with Crippen LogP contribution in [0.25, 0.3) is 0 Å². The third-order valence-electron chi connectivity index (χ3n) is 6.91. The summed E-state index contributed by atoms with van der Waals surface area (Å²) >= 11 is -1.96. The molecule has 2 heteroatoms. The zero-order valence-corrected chi connectivity index (χ0v) is 16.7. The van der Waals surface area contributed by atoms with Crippen LogP contribution < -0.4 is 0 Å². The summed E-state index contributed by atoms with van der Waals surface area (Å²) in [5.41, 5.74) is 7.42. The molecule has 1 heterocycles. The maximum absolute atomic E-state index is 2.69. The predicted molar refractivity (Wildman–Crippen MR) is 93.6 cm³/mol. The van der Waals surface area contributed by atoms with E-state index in [0.717, 1.165) is 7.25 Å². The van der Waals surface area contributed by atoms with E-state index >= 15 is 0 Å². The minimum atomic E-state index is -1.96. The van der Waals surface area contributed by atoms with Crippen LogP contribution in [0.4, 0.5) is 0 Å². The molecule has 0 radical (unpaired) electrons. The average molecular weight is 394 g/mol. The Bertz CT molecular complexity index is 553. The second-order valence-corrected chi connectivity index (χ2v) is 19.5. The Kier molecular flexibility index (Phi) is 4.19. The first-order valence-electron chi connectivity index (χ1n) is 9.19. The first kappa shape index (κ1) is 15.6. The number of allylic oxidation sites excluding steroid dienone is 8. The average Bonchev–Trinajstić information content (AvgIpc) is 3.03. The number of hydrogen-bond donors (Lipinski definition) is 0. The normalized spacial score (nSPS) is 34.5. The molecule has 0 bridgehead atoms. The van der Waals surface area contributed by atoms with Crippen LogP contribution in [0.2, 0.25) is 15.5 Å². The maximum Gasteiger partial charge on any atom is -0.147 e. The van der Waals surface area contributed by atoms with Gasteiger partial charge in [-0.3, -0.25) is 0 Å². The molecule has 2 unspecified atom stereocenters. The van der Waals surface area contributed by atoms with Gasteiger partial charge in [0.25, 0.3) is 0 Å². The molecule has 0 N–H and O–H groups in total. The first-order valence-corrected chi connectivity index (χ1v) is 15.5. The molecule has 2 atom stereocenters. The topological polar surface area (TPSA) is 0 Å². The van der Waals surface area contributed by atoms with E-state index in [0.29, 0.717) is 0 Å². The van der Waals surface area contributed by atoms with Gasteiger partial charge in [0, 0.05) is 0 Å². The number of halogens is 1. The molecule has 118 valence electrons. The summed E-state index contributed by atoms with van der Waals surface area (Å²) in [6, 6.07) is 0. The van der Waals surface area contributed by atoms with Crippen molar-refractivity contribution in [2.45, 2.75) is 66.9 Å². The fourth-order valence-corrected chi connectivity index (χ4v) is 22.0. The van der Waals surface area contributed by atoms with Crippen molar-refractivity contribution in [2.75, 3.05) is 0 Å². The minimum Gasteiger partial charge on any atom is -0.147 e. The molecule has 0 aromatic rings. The Morgan fingerprint density at radius 3 is 1.59 bits per heavy atom. The van der Waals surface area contributed by atoms with Crippen molar-refractivity contribution >= 4 is 12.4 Å². The van der Waals surface area contributed by atoms with E-state index in [2.05, 4.69) is 24.3 Å². The molecule has 5 rings (SSSR count). The summed E-state index contributed by atoms with van der Waals surface area (Å²) in [6.07, 6.45) is 21.9. The third-order valence-corrected chi connectivity index (χ3v) is 19.7. The molecule has 0 saturated carbocycles. The van der Waals surface area contributed by atoms with Crippen LogP contribution in [-0.2, 0) is 20.3 Å². The Balaban J connectivity index is 0.00000125. The molecule has 4 aliphatic carbocycles. The monoisotopic (exact) mass is 392 g/mol. The van der Waals surface area contributed by atoms with Crippen molar-refractivity contribution < 1.29 is 20.3 Å². The number of rotatable bonds is 2. The van der Waals surface area contributed by atoms with Crippen LogP contribution in [0.5, 0.6) is 0 Å². The largest absolute Gasteiger partial charge is 0.147 e. The van der Waals surface area contributed by atoms with Gasteiger partial charge in [0.1, 0.15) is 0 Å². The van der Waals surface area contributed by atoms with Crippen LogP contribution in [0.3, 0.4) is 0 Å². The molecule has 0 amide bonds. The Morgan fingerprint density at radius 1 is 0.682 bits per heavy atom. The van der Waals surface area contributed by atoms with E-state index in [4.69, 9.17) is 0 Å². The van der Waals surface area contributed by atoms with Crippen molar-refractivity contribution in [3.63, 3.8) is 0 Å². The van der Waals surface area contributed by atoms with Crippen molar-refractivity contribution in [1.29, 1.82) is 0 Å². The van der Waals surface area contributed by atoms with Crippen molar-refractivity contribution in [3.05, 3.63) is 46.6 Å². The summed E-state index contributed by atoms with van der Waals surface area (Å²) in [6.45, 7) is 0. The zero-order valence-electron chi connectivity index (χ0n) is 13.4.